The molecule has 3 fully saturated rings. The van der Waals surface area contributed by atoms with Crippen LogP contribution in [0.15, 0.2) is 12.1 Å². The first kappa shape index (κ1) is 18.9. The number of phenols is 1. The number of carbonyl (C=O) groups excluding carboxylic acids is 2. The molecule has 1 aromatic rings. The van der Waals surface area contributed by atoms with E-state index in [2.05, 4.69) is 0 Å². The first-order valence-corrected chi connectivity index (χ1v) is 10.0. The number of halogens is 1. The molecule has 0 bridgehead atoms. The van der Waals surface area contributed by atoms with Crippen molar-refractivity contribution >= 4 is 34.4 Å². The Kier molecular flexibility index (Phi) is 4.43. The highest BCUT2D eigenvalue weighted by atomic mass is 127. The maximum Gasteiger partial charge on any atom is 0.233 e. The normalized spacial score (nSPS) is 38.1. The molecule has 2 aliphatic heterocycles. The van der Waals surface area contributed by atoms with Gasteiger partial charge in [0.1, 0.15) is 0 Å². The Bertz CT molecular complexity index is 829. The van der Waals surface area contributed by atoms with Gasteiger partial charge in [-0.2, -0.15) is 0 Å². The molecule has 1 aliphatic carbocycles. The summed E-state index contributed by atoms with van der Waals surface area (Å²) in [6.07, 6.45) is 0.409. The number of aromatic hydroxyl groups is 1. The SMILES string of the molecule is COc1cc([C@@H]2C[C@H]3[C@H]4C(=O)N(C)C(=O)[C@H]4C[C@H](C)[C@@]3(O)O2)cc(I)c1O. The summed E-state index contributed by atoms with van der Waals surface area (Å²) in [4.78, 5) is 26.3. The molecule has 4 rings (SSSR count). The third kappa shape index (κ3) is 2.60. The first-order valence-electron chi connectivity index (χ1n) is 8.97. The van der Waals surface area contributed by atoms with Crippen molar-refractivity contribution in [1.29, 1.82) is 0 Å². The van der Waals surface area contributed by atoms with Crippen molar-refractivity contribution in [3.8, 4) is 11.5 Å². The van der Waals surface area contributed by atoms with Gasteiger partial charge in [-0.3, -0.25) is 14.5 Å². The molecule has 2 amide bonds. The van der Waals surface area contributed by atoms with Crippen LogP contribution >= 0.6 is 22.6 Å². The number of likely N-dealkylation sites (tertiary alicyclic amines) is 1. The van der Waals surface area contributed by atoms with E-state index in [1.54, 1.807) is 12.1 Å². The van der Waals surface area contributed by atoms with Crippen molar-refractivity contribution < 1.29 is 29.3 Å². The number of amides is 2. The number of hydrogen-bond donors (Lipinski definition) is 2. The number of benzene rings is 1. The highest BCUT2D eigenvalue weighted by molar-refractivity contribution is 14.1. The Labute approximate surface area is 170 Å². The molecule has 1 saturated carbocycles. The number of carbonyl (C=O) groups is 2. The zero-order valence-electron chi connectivity index (χ0n) is 15.3. The average Bonchev–Trinajstić information content (AvgIpc) is 3.09. The van der Waals surface area contributed by atoms with Gasteiger partial charge in [-0.1, -0.05) is 6.92 Å². The number of rotatable bonds is 2. The third-order valence-corrected chi connectivity index (χ3v) is 7.24. The lowest BCUT2D eigenvalue weighted by Crippen LogP contribution is -2.52. The molecule has 2 N–H and O–H groups in total. The molecular weight excluding hydrogens is 465 g/mol. The molecule has 0 spiro atoms. The van der Waals surface area contributed by atoms with E-state index in [1.807, 2.05) is 29.5 Å². The van der Waals surface area contributed by atoms with Gasteiger partial charge >= 0.3 is 0 Å². The number of ether oxygens (including phenoxy) is 2. The second kappa shape index (κ2) is 6.31. The number of fused-ring (bicyclic) bond motifs is 3. The van der Waals surface area contributed by atoms with Gasteiger partial charge in [0.2, 0.25) is 11.8 Å². The zero-order valence-corrected chi connectivity index (χ0v) is 17.5. The molecule has 0 radical (unpaired) electrons. The molecule has 0 unspecified atom stereocenters. The van der Waals surface area contributed by atoms with E-state index >= 15 is 0 Å². The Hall–Kier alpha value is -1.39. The molecule has 0 aromatic heterocycles. The van der Waals surface area contributed by atoms with E-state index in [-0.39, 0.29) is 29.4 Å². The van der Waals surface area contributed by atoms with Crippen LogP contribution in [0, 0.1) is 27.2 Å². The summed E-state index contributed by atoms with van der Waals surface area (Å²) < 4.78 is 11.9. The number of phenolic OH excluding ortho intramolecular Hbond substituents is 1. The minimum absolute atomic E-state index is 0.0580. The molecule has 2 heterocycles. The monoisotopic (exact) mass is 487 g/mol. The minimum atomic E-state index is -1.45. The van der Waals surface area contributed by atoms with Crippen molar-refractivity contribution in [2.45, 2.75) is 31.7 Å². The van der Waals surface area contributed by atoms with Crippen LogP contribution in [0.25, 0.3) is 0 Å². The zero-order chi connectivity index (χ0) is 19.7. The maximum absolute atomic E-state index is 12.7. The van der Waals surface area contributed by atoms with Crippen LogP contribution in [0.3, 0.4) is 0 Å². The van der Waals surface area contributed by atoms with Gasteiger partial charge in [-0.05, 0) is 53.1 Å². The highest BCUT2D eigenvalue weighted by Gasteiger charge is 2.65. The van der Waals surface area contributed by atoms with Crippen LogP contribution in [-0.4, -0.2) is 46.9 Å². The lowest BCUT2D eigenvalue weighted by Gasteiger charge is -2.43. The van der Waals surface area contributed by atoms with Gasteiger partial charge in [0.15, 0.2) is 17.3 Å². The smallest absolute Gasteiger partial charge is 0.233 e. The molecule has 8 heteroatoms. The van der Waals surface area contributed by atoms with Crippen molar-refractivity contribution in [2.75, 3.05) is 14.2 Å². The maximum atomic E-state index is 12.7. The van der Waals surface area contributed by atoms with Crippen LogP contribution in [-0.2, 0) is 14.3 Å². The Morgan fingerprint density at radius 2 is 2.00 bits per heavy atom. The number of methoxy groups -OCH3 is 1. The molecule has 7 nitrogen and oxygen atoms in total. The molecule has 146 valence electrons. The van der Waals surface area contributed by atoms with Crippen LogP contribution in [0.4, 0.5) is 0 Å². The van der Waals surface area contributed by atoms with Crippen LogP contribution in [0.1, 0.15) is 31.4 Å². The van der Waals surface area contributed by atoms with Crippen molar-refractivity contribution in [3.63, 3.8) is 0 Å². The lowest BCUT2D eigenvalue weighted by atomic mass is 9.65. The molecule has 3 aliphatic rings. The van der Waals surface area contributed by atoms with E-state index in [0.29, 0.717) is 22.2 Å². The Balaban J connectivity index is 1.71. The van der Waals surface area contributed by atoms with E-state index in [9.17, 15) is 19.8 Å². The topological polar surface area (TPSA) is 96.3 Å². The first-order chi connectivity index (χ1) is 12.7. The van der Waals surface area contributed by atoms with Crippen molar-refractivity contribution in [3.05, 3.63) is 21.3 Å². The summed E-state index contributed by atoms with van der Waals surface area (Å²) >= 11 is 2.01. The molecule has 6 atom stereocenters. The summed E-state index contributed by atoms with van der Waals surface area (Å²) in [6, 6.07) is 3.48. The summed E-state index contributed by atoms with van der Waals surface area (Å²) in [5.41, 5.74) is 0.769. The Morgan fingerprint density at radius 3 is 2.67 bits per heavy atom. The fraction of sp³-hybridized carbons (Fsp3) is 0.579. The fourth-order valence-electron chi connectivity index (χ4n) is 4.94. The molecular formula is C19H22INO6. The summed E-state index contributed by atoms with van der Waals surface area (Å²) in [6.45, 7) is 1.86. The van der Waals surface area contributed by atoms with Crippen molar-refractivity contribution in [1.82, 2.24) is 4.90 Å². The number of imide groups is 1. The summed E-state index contributed by atoms with van der Waals surface area (Å²) in [5.74, 6) is -3.12. The van der Waals surface area contributed by atoms with Gasteiger partial charge in [0.05, 0.1) is 28.6 Å². The molecule has 1 aromatic carbocycles. The van der Waals surface area contributed by atoms with Gasteiger partial charge in [0.25, 0.3) is 0 Å². The lowest BCUT2D eigenvalue weighted by molar-refractivity contribution is -0.265. The Morgan fingerprint density at radius 1 is 1.30 bits per heavy atom. The minimum Gasteiger partial charge on any atom is -0.504 e. The standard InChI is InChI=1S/C19H22INO6/c1-8-4-10-15(18(24)21(2)17(10)23)11-7-13(27-19(8,11)25)9-5-12(20)16(22)14(6-9)26-3/h5-6,8,10-11,13,15,22,25H,4,7H2,1-3H3/t8-,10-,11-,13-,15-,19+/m0/s1. The number of hydrogen-bond acceptors (Lipinski definition) is 6. The van der Waals surface area contributed by atoms with Crippen LogP contribution in [0.2, 0.25) is 0 Å². The van der Waals surface area contributed by atoms with E-state index in [1.165, 1.54) is 19.1 Å². The van der Waals surface area contributed by atoms with Gasteiger partial charge < -0.3 is 19.7 Å². The quantitative estimate of drug-likeness (QED) is 0.490. The average molecular weight is 487 g/mol. The molecule has 27 heavy (non-hydrogen) atoms. The largest absolute Gasteiger partial charge is 0.504 e. The summed E-state index contributed by atoms with van der Waals surface area (Å²) in [5, 5.41) is 21.4. The van der Waals surface area contributed by atoms with Crippen molar-refractivity contribution in [2.24, 2.45) is 23.7 Å². The number of nitrogens with zero attached hydrogens (tertiary/aromatic N) is 1. The predicted molar refractivity (Wildman–Crippen MR) is 103 cm³/mol. The second-order valence-electron chi connectivity index (χ2n) is 7.76. The molecule has 2 saturated heterocycles. The summed E-state index contributed by atoms with van der Waals surface area (Å²) in [7, 11) is 2.98. The van der Waals surface area contributed by atoms with Crippen LogP contribution in [0.5, 0.6) is 11.5 Å². The number of aliphatic hydroxyl groups is 1. The predicted octanol–water partition coefficient (Wildman–Crippen LogP) is 2.04. The van der Waals surface area contributed by atoms with E-state index in [4.69, 9.17) is 9.47 Å². The highest BCUT2D eigenvalue weighted by Crippen LogP contribution is 2.58. The second-order valence-corrected chi connectivity index (χ2v) is 8.92. The van der Waals surface area contributed by atoms with Gasteiger partial charge in [0, 0.05) is 18.9 Å². The van der Waals surface area contributed by atoms with E-state index < -0.39 is 23.7 Å². The van der Waals surface area contributed by atoms with Gasteiger partial charge in [-0.25, -0.2) is 0 Å². The van der Waals surface area contributed by atoms with Gasteiger partial charge in [-0.15, -0.1) is 0 Å². The van der Waals surface area contributed by atoms with E-state index in [0.717, 1.165) is 5.56 Å². The van der Waals surface area contributed by atoms with Crippen LogP contribution < -0.4 is 4.74 Å². The fourth-order valence-corrected chi connectivity index (χ4v) is 5.57. The third-order valence-electron chi connectivity index (χ3n) is 6.42.